The van der Waals surface area contributed by atoms with E-state index in [4.69, 9.17) is 4.74 Å². The van der Waals surface area contributed by atoms with Crippen molar-refractivity contribution >= 4 is 26.5 Å². The number of carbonyl (C=O) groups excluding carboxylic acids is 1. The van der Waals surface area contributed by atoms with E-state index in [-0.39, 0.29) is 24.4 Å². The molecule has 16 heavy (non-hydrogen) atoms. The average Bonchev–Trinajstić information content (AvgIpc) is 2.49. The smallest absolute Gasteiger partial charge is 0.323 e. The molecule has 0 spiro atoms. The summed E-state index contributed by atoms with van der Waals surface area (Å²) in [4.78, 5) is 11.5. The topological polar surface area (TPSA) is 58.6 Å². The van der Waals surface area contributed by atoms with Gasteiger partial charge in [-0.1, -0.05) is 19.6 Å². The zero-order valence-electron chi connectivity index (χ0n) is 10.2. The molecule has 4 nitrogen and oxygen atoms in total. The Morgan fingerprint density at radius 3 is 2.56 bits per heavy atom. The molecule has 0 aliphatic carbocycles. The van der Waals surface area contributed by atoms with E-state index in [9.17, 15) is 9.90 Å². The first-order valence-electron chi connectivity index (χ1n) is 5.46. The van der Waals surface area contributed by atoms with E-state index in [2.05, 4.69) is 25.0 Å². The van der Waals surface area contributed by atoms with Crippen LogP contribution in [0.25, 0.3) is 0 Å². The minimum absolute atomic E-state index is 0. The molecule has 2 N–H and O–H groups in total. The van der Waals surface area contributed by atoms with Crippen molar-refractivity contribution in [3.63, 3.8) is 0 Å². The van der Waals surface area contributed by atoms with Gasteiger partial charge < -0.3 is 15.2 Å². The Balaban J connectivity index is 0.00000225. The van der Waals surface area contributed by atoms with Crippen LogP contribution < -0.4 is 5.32 Å². The van der Waals surface area contributed by atoms with Crippen molar-refractivity contribution in [2.45, 2.75) is 44.3 Å². The standard InChI is InChI=1S/C10H21NO3Si.ClH/c1-15(2,3)5-4-14-10(13)9-6-8(12)7-11-9;/h8-9,11-12H,4-7H2,1-3H3;1H/t8-,9+;/m0./s1. The summed E-state index contributed by atoms with van der Waals surface area (Å²) < 4.78 is 5.17. The molecule has 2 atom stereocenters. The van der Waals surface area contributed by atoms with Gasteiger partial charge in [0.2, 0.25) is 0 Å². The van der Waals surface area contributed by atoms with Crippen LogP contribution in [0.1, 0.15) is 6.42 Å². The van der Waals surface area contributed by atoms with Crippen molar-refractivity contribution in [2.75, 3.05) is 13.2 Å². The van der Waals surface area contributed by atoms with Gasteiger partial charge in [-0.3, -0.25) is 4.79 Å². The number of aliphatic hydroxyl groups is 1. The highest BCUT2D eigenvalue weighted by molar-refractivity contribution is 6.76. The summed E-state index contributed by atoms with van der Waals surface area (Å²) in [7, 11) is -1.12. The van der Waals surface area contributed by atoms with Crippen LogP contribution in [0.4, 0.5) is 0 Å². The SMILES string of the molecule is C[Si](C)(C)CCOC(=O)[C@H]1C[C@H](O)CN1.Cl. The lowest BCUT2D eigenvalue weighted by Crippen LogP contribution is -2.33. The van der Waals surface area contributed by atoms with E-state index in [1.807, 2.05) is 0 Å². The lowest BCUT2D eigenvalue weighted by molar-refractivity contribution is -0.145. The molecule has 0 saturated carbocycles. The fourth-order valence-electron chi connectivity index (χ4n) is 1.45. The Kier molecular flexibility index (Phi) is 6.55. The number of halogens is 1. The number of hydrogen-bond acceptors (Lipinski definition) is 4. The van der Waals surface area contributed by atoms with Gasteiger partial charge in [0.05, 0.1) is 12.7 Å². The molecule has 1 aliphatic rings. The molecule has 6 heteroatoms. The predicted octanol–water partition coefficient (Wildman–Crippen LogP) is 1.01. The minimum Gasteiger partial charge on any atom is -0.465 e. The number of nitrogens with one attached hydrogen (secondary N) is 1. The molecule has 0 radical (unpaired) electrons. The zero-order valence-corrected chi connectivity index (χ0v) is 12.0. The van der Waals surface area contributed by atoms with E-state index in [0.29, 0.717) is 19.6 Å². The first kappa shape index (κ1) is 15.9. The van der Waals surface area contributed by atoms with Gasteiger partial charge >= 0.3 is 5.97 Å². The van der Waals surface area contributed by atoms with Crippen LogP contribution in [-0.2, 0) is 9.53 Å². The van der Waals surface area contributed by atoms with Crippen molar-refractivity contribution < 1.29 is 14.6 Å². The van der Waals surface area contributed by atoms with Crippen LogP contribution >= 0.6 is 12.4 Å². The molecule has 0 aromatic carbocycles. The third-order valence-electron chi connectivity index (χ3n) is 2.49. The molecule has 0 unspecified atom stereocenters. The predicted molar refractivity (Wildman–Crippen MR) is 68.8 cm³/mol. The van der Waals surface area contributed by atoms with E-state index in [0.717, 1.165) is 6.04 Å². The van der Waals surface area contributed by atoms with Gasteiger partial charge in [0.25, 0.3) is 0 Å². The maximum Gasteiger partial charge on any atom is 0.323 e. The Bertz CT molecular complexity index is 233. The molecule has 1 fully saturated rings. The Morgan fingerprint density at radius 2 is 2.12 bits per heavy atom. The van der Waals surface area contributed by atoms with E-state index < -0.39 is 14.2 Å². The second kappa shape index (κ2) is 6.59. The molecule has 0 aromatic heterocycles. The second-order valence-corrected chi connectivity index (χ2v) is 10.9. The van der Waals surface area contributed by atoms with E-state index in [1.54, 1.807) is 0 Å². The molecule has 1 rings (SSSR count). The molecule has 0 amide bonds. The van der Waals surface area contributed by atoms with E-state index in [1.165, 1.54) is 0 Å². The molecule has 0 bridgehead atoms. The van der Waals surface area contributed by atoms with E-state index >= 15 is 0 Å². The largest absolute Gasteiger partial charge is 0.465 e. The highest BCUT2D eigenvalue weighted by Gasteiger charge is 2.29. The summed E-state index contributed by atoms with van der Waals surface area (Å²) in [5.41, 5.74) is 0. The summed E-state index contributed by atoms with van der Waals surface area (Å²) in [5, 5.41) is 12.2. The summed E-state index contributed by atoms with van der Waals surface area (Å²) in [6, 6.07) is 0.690. The van der Waals surface area contributed by atoms with Crippen LogP contribution in [0.3, 0.4) is 0 Å². The van der Waals surface area contributed by atoms with Gasteiger partial charge in [-0.05, 0) is 6.04 Å². The molecule has 1 heterocycles. The number of β-amino-alcohol motifs (C(OH)–C–C–N with tert-alkyl or cyclic N) is 1. The Hall–Kier alpha value is -0.103. The monoisotopic (exact) mass is 267 g/mol. The van der Waals surface area contributed by atoms with Crippen LogP contribution in [0.5, 0.6) is 0 Å². The third kappa shape index (κ3) is 5.84. The number of hydrogen-bond donors (Lipinski definition) is 2. The Morgan fingerprint density at radius 1 is 1.50 bits per heavy atom. The fraction of sp³-hybridized carbons (Fsp3) is 0.900. The lowest BCUT2D eigenvalue weighted by Gasteiger charge is -2.16. The second-order valence-electron chi connectivity index (χ2n) is 5.33. The van der Waals surface area contributed by atoms with Crippen LogP contribution in [-0.4, -0.2) is 44.4 Å². The number of ether oxygens (including phenoxy) is 1. The maximum atomic E-state index is 11.5. The van der Waals surface area contributed by atoms with Gasteiger partial charge in [0, 0.05) is 21.0 Å². The molecular weight excluding hydrogens is 246 g/mol. The first-order chi connectivity index (χ1) is 6.88. The van der Waals surface area contributed by atoms with Crippen molar-refractivity contribution in [2.24, 2.45) is 0 Å². The van der Waals surface area contributed by atoms with Crippen molar-refractivity contribution in [1.29, 1.82) is 0 Å². The average molecular weight is 268 g/mol. The Labute approximate surface area is 104 Å². The van der Waals surface area contributed by atoms with Gasteiger partial charge in [-0.25, -0.2) is 0 Å². The van der Waals surface area contributed by atoms with Crippen molar-refractivity contribution in [3.8, 4) is 0 Å². The van der Waals surface area contributed by atoms with Crippen molar-refractivity contribution in [1.82, 2.24) is 5.32 Å². The van der Waals surface area contributed by atoms with Crippen molar-refractivity contribution in [3.05, 3.63) is 0 Å². The number of aliphatic hydroxyl groups excluding tert-OH is 1. The number of rotatable bonds is 4. The van der Waals surface area contributed by atoms with Gasteiger partial charge in [-0.15, -0.1) is 12.4 Å². The van der Waals surface area contributed by atoms with Gasteiger partial charge in [0.1, 0.15) is 6.04 Å². The highest BCUT2D eigenvalue weighted by atomic mass is 35.5. The third-order valence-corrected chi connectivity index (χ3v) is 4.19. The van der Waals surface area contributed by atoms with Gasteiger partial charge in [-0.2, -0.15) is 0 Å². The normalized spacial score (nSPS) is 25.0. The fourth-order valence-corrected chi connectivity index (χ4v) is 2.17. The summed E-state index contributed by atoms with van der Waals surface area (Å²) in [5.74, 6) is -0.218. The maximum absolute atomic E-state index is 11.5. The number of carbonyl (C=O) groups is 1. The summed E-state index contributed by atoms with van der Waals surface area (Å²) >= 11 is 0. The first-order valence-corrected chi connectivity index (χ1v) is 9.17. The highest BCUT2D eigenvalue weighted by Crippen LogP contribution is 2.11. The van der Waals surface area contributed by atoms with Gasteiger partial charge in [0.15, 0.2) is 0 Å². The quantitative estimate of drug-likeness (QED) is 0.590. The molecule has 0 aromatic rings. The molecule has 1 aliphatic heterocycles. The van der Waals surface area contributed by atoms with Crippen LogP contribution in [0, 0.1) is 0 Å². The molecule has 1 saturated heterocycles. The van der Waals surface area contributed by atoms with Crippen LogP contribution in [0.15, 0.2) is 0 Å². The van der Waals surface area contributed by atoms with Crippen LogP contribution in [0.2, 0.25) is 25.7 Å². The molecule has 96 valence electrons. The summed E-state index contributed by atoms with van der Waals surface area (Å²) in [6.07, 6.45) is 0.0748. The lowest BCUT2D eigenvalue weighted by atomic mass is 10.2. The number of esters is 1. The zero-order chi connectivity index (χ0) is 11.5. The molecular formula is C10H22ClNO3Si. The summed E-state index contributed by atoms with van der Waals surface area (Å²) in [6.45, 7) is 7.76. The minimum atomic E-state index is -1.12.